The van der Waals surface area contributed by atoms with Gasteiger partial charge in [0.25, 0.3) is 0 Å². The van der Waals surface area contributed by atoms with Crippen molar-refractivity contribution in [3.8, 4) is 0 Å². The summed E-state index contributed by atoms with van der Waals surface area (Å²) in [5.41, 5.74) is 7.07. The fourth-order valence-corrected chi connectivity index (χ4v) is 2.59. The van der Waals surface area contributed by atoms with Crippen molar-refractivity contribution in [3.63, 3.8) is 0 Å². The van der Waals surface area contributed by atoms with Crippen LogP contribution in [0.1, 0.15) is 24.6 Å². The Morgan fingerprint density at radius 1 is 1.37 bits per heavy atom. The molecule has 100 valence electrons. The number of aromatic nitrogens is 4. The van der Waals surface area contributed by atoms with Gasteiger partial charge < -0.3 is 10.6 Å². The molecule has 3 heterocycles. The summed E-state index contributed by atoms with van der Waals surface area (Å²) >= 11 is 0. The molecule has 2 aromatic heterocycles. The van der Waals surface area contributed by atoms with Crippen molar-refractivity contribution < 1.29 is 0 Å². The highest BCUT2D eigenvalue weighted by Crippen LogP contribution is 2.32. The molecule has 2 aromatic rings. The Hall–Kier alpha value is -1.95. The number of piperidine rings is 1. The molecule has 0 radical (unpaired) electrons. The molecule has 0 saturated carbocycles. The number of hydrogen-bond donors (Lipinski definition) is 1. The van der Waals surface area contributed by atoms with Crippen LogP contribution >= 0.6 is 0 Å². The maximum Gasteiger partial charge on any atom is 0.151 e. The average molecular weight is 258 g/mol. The molecule has 0 aliphatic carbocycles. The van der Waals surface area contributed by atoms with Gasteiger partial charge in [-0.2, -0.15) is 15.3 Å². The summed E-state index contributed by atoms with van der Waals surface area (Å²) in [4.78, 5) is 2.27. The van der Waals surface area contributed by atoms with Crippen molar-refractivity contribution in [1.82, 2.24) is 20.0 Å². The van der Waals surface area contributed by atoms with Gasteiger partial charge in [-0.1, -0.05) is 0 Å². The van der Waals surface area contributed by atoms with Crippen LogP contribution in [0.15, 0.2) is 30.6 Å². The highest BCUT2D eigenvalue weighted by Gasteiger charge is 2.30. The number of hydrogen-bond acceptors (Lipinski definition) is 5. The minimum absolute atomic E-state index is 0.160. The molecule has 2 N–H and O–H groups in total. The molecule has 2 unspecified atom stereocenters. The highest BCUT2D eigenvalue weighted by molar-refractivity contribution is 5.41. The number of aryl methyl sites for hydroxylation is 1. The van der Waals surface area contributed by atoms with Crippen molar-refractivity contribution in [2.45, 2.75) is 24.9 Å². The second-order valence-electron chi connectivity index (χ2n) is 4.99. The van der Waals surface area contributed by atoms with E-state index in [4.69, 9.17) is 5.73 Å². The molecule has 0 spiro atoms. The first-order valence-corrected chi connectivity index (χ1v) is 6.53. The van der Waals surface area contributed by atoms with Crippen LogP contribution in [0.5, 0.6) is 0 Å². The molecular weight excluding hydrogens is 240 g/mol. The predicted octanol–water partition coefficient (Wildman–Crippen LogP) is 0.879. The molecule has 0 bridgehead atoms. The molecule has 2 atom stereocenters. The first-order valence-electron chi connectivity index (χ1n) is 6.53. The fraction of sp³-hybridized carbons (Fsp3) is 0.462. The van der Waals surface area contributed by atoms with Crippen molar-refractivity contribution in [2.75, 3.05) is 11.4 Å². The topological polar surface area (TPSA) is 72.9 Å². The molecule has 6 nitrogen and oxygen atoms in total. The predicted molar refractivity (Wildman–Crippen MR) is 72.5 cm³/mol. The van der Waals surface area contributed by atoms with Gasteiger partial charge in [-0.15, -0.1) is 0 Å². The van der Waals surface area contributed by atoms with Crippen molar-refractivity contribution in [2.24, 2.45) is 12.8 Å². The van der Waals surface area contributed by atoms with Gasteiger partial charge in [0.2, 0.25) is 0 Å². The van der Waals surface area contributed by atoms with E-state index in [1.807, 2.05) is 36.1 Å². The highest BCUT2D eigenvalue weighted by atomic mass is 15.4. The molecule has 1 saturated heterocycles. The summed E-state index contributed by atoms with van der Waals surface area (Å²) in [6.07, 6.45) is 5.51. The number of rotatable bonds is 2. The number of anilines is 1. The van der Waals surface area contributed by atoms with Crippen LogP contribution in [0.25, 0.3) is 0 Å². The third-order valence-corrected chi connectivity index (χ3v) is 3.57. The largest absolute Gasteiger partial charge is 0.346 e. The van der Waals surface area contributed by atoms with E-state index < -0.39 is 0 Å². The standard InChI is InChI=1S/C13H18N6/c1-18-7-5-13(17-18)19-8-4-10(14)9-12(19)11-3-2-6-15-16-11/h2-3,5-7,10,12H,4,8-9,14H2,1H3. The molecule has 19 heavy (non-hydrogen) atoms. The SMILES string of the molecule is Cn1ccc(N2CCC(N)CC2c2cccnn2)n1. The van der Waals surface area contributed by atoms with Crippen LogP contribution in [-0.2, 0) is 7.05 Å². The maximum atomic E-state index is 6.11. The van der Waals surface area contributed by atoms with Gasteiger partial charge >= 0.3 is 0 Å². The lowest BCUT2D eigenvalue weighted by atomic mass is 9.95. The van der Waals surface area contributed by atoms with Gasteiger partial charge in [0.15, 0.2) is 5.82 Å². The zero-order valence-electron chi connectivity index (χ0n) is 11.0. The van der Waals surface area contributed by atoms with Crippen LogP contribution in [0, 0.1) is 0 Å². The molecule has 1 aliphatic heterocycles. The normalized spacial score (nSPS) is 23.6. The molecule has 6 heteroatoms. The number of nitrogens with two attached hydrogens (primary N) is 1. The Balaban J connectivity index is 1.92. The first-order chi connectivity index (χ1) is 9.24. The lowest BCUT2D eigenvalue weighted by molar-refractivity contribution is 0.408. The lowest BCUT2D eigenvalue weighted by Gasteiger charge is -2.37. The quantitative estimate of drug-likeness (QED) is 0.865. The summed E-state index contributed by atoms with van der Waals surface area (Å²) in [5.74, 6) is 0.977. The van der Waals surface area contributed by atoms with Gasteiger partial charge in [0.1, 0.15) is 0 Å². The second-order valence-corrected chi connectivity index (χ2v) is 4.99. The molecule has 0 amide bonds. The minimum Gasteiger partial charge on any atom is -0.346 e. The van der Waals surface area contributed by atoms with E-state index in [1.54, 1.807) is 6.20 Å². The monoisotopic (exact) mass is 258 g/mol. The maximum absolute atomic E-state index is 6.11. The lowest BCUT2D eigenvalue weighted by Crippen LogP contribution is -2.42. The van der Waals surface area contributed by atoms with Gasteiger partial charge in [-0.3, -0.25) is 4.68 Å². The Morgan fingerprint density at radius 2 is 2.26 bits per heavy atom. The molecule has 3 rings (SSSR count). The van der Waals surface area contributed by atoms with Gasteiger partial charge in [0, 0.05) is 38.1 Å². The van der Waals surface area contributed by atoms with Crippen molar-refractivity contribution in [1.29, 1.82) is 0 Å². The van der Waals surface area contributed by atoms with Crippen LogP contribution in [0.2, 0.25) is 0 Å². The Labute approximate surface area is 112 Å². The van der Waals surface area contributed by atoms with E-state index in [0.717, 1.165) is 30.9 Å². The van der Waals surface area contributed by atoms with E-state index >= 15 is 0 Å². The van der Waals surface area contributed by atoms with Gasteiger partial charge in [-0.05, 0) is 25.0 Å². The Kier molecular flexibility index (Phi) is 3.16. The molecule has 0 aromatic carbocycles. The van der Waals surface area contributed by atoms with Crippen LogP contribution in [-0.4, -0.2) is 32.6 Å². The van der Waals surface area contributed by atoms with Crippen molar-refractivity contribution in [3.05, 3.63) is 36.3 Å². The van der Waals surface area contributed by atoms with Crippen LogP contribution in [0.4, 0.5) is 5.82 Å². The fourth-order valence-electron chi connectivity index (χ4n) is 2.59. The van der Waals surface area contributed by atoms with Crippen LogP contribution < -0.4 is 10.6 Å². The summed E-state index contributed by atoms with van der Waals surface area (Å²) in [5, 5.41) is 12.7. The smallest absolute Gasteiger partial charge is 0.151 e. The molecule has 1 fully saturated rings. The van der Waals surface area contributed by atoms with E-state index in [-0.39, 0.29) is 12.1 Å². The minimum atomic E-state index is 0.160. The summed E-state index contributed by atoms with van der Waals surface area (Å²) in [7, 11) is 1.93. The second kappa shape index (κ2) is 4.97. The third-order valence-electron chi connectivity index (χ3n) is 3.57. The Morgan fingerprint density at radius 3 is 2.95 bits per heavy atom. The van der Waals surface area contributed by atoms with E-state index in [2.05, 4.69) is 20.2 Å². The van der Waals surface area contributed by atoms with E-state index in [0.29, 0.717) is 0 Å². The Bertz CT molecular complexity index is 537. The van der Waals surface area contributed by atoms with E-state index in [9.17, 15) is 0 Å². The van der Waals surface area contributed by atoms with Gasteiger partial charge in [0.05, 0.1) is 11.7 Å². The summed E-state index contributed by atoms with van der Waals surface area (Å²) in [6.45, 7) is 0.902. The van der Waals surface area contributed by atoms with Crippen molar-refractivity contribution >= 4 is 5.82 Å². The van der Waals surface area contributed by atoms with Crippen LogP contribution in [0.3, 0.4) is 0 Å². The molecular formula is C13H18N6. The molecule has 1 aliphatic rings. The third kappa shape index (κ3) is 2.44. The zero-order valence-corrected chi connectivity index (χ0v) is 11.0. The summed E-state index contributed by atoms with van der Waals surface area (Å²) in [6, 6.07) is 6.32. The van der Waals surface area contributed by atoms with Gasteiger partial charge in [-0.25, -0.2) is 0 Å². The summed E-state index contributed by atoms with van der Waals surface area (Å²) < 4.78 is 1.82. The average Bonchev–Trinajstić information content (AvgIpc) is 2.86. The van der Waals surface area contributed by atoms with E-state index in [1.165, 1.54) is 0 Å². The number of nitrogens with zero attached hydrogens (tertiary/aromatic N) is 5. The first kappa shape index (κ1) is 12.1. The zero-order chi connectivity index (χ0) is 13.2.